The molecular weight excluding hydrogens is 351 g/mol. The number of fused-ring (bicyclic) bond motifs is 1. The molecule has 2 N–H and O–H groups in total. The molecule has 3 rings (SSSR count). The average molecular weight is 365 g/mol. The van der Waals surface area contributed by atoms with Gasteiger partial charge in [0.2, 0.25) is 0 Å². The van der Waals surface area contributed by atoms with Gasteiger partial charge in [-0.15, -0.1) is 0 Å². The highest BCUT2D eigenvalue weighted by atomic mass is 35.5. The summed E-state index contributed by atoms with van der Waals surface area (Å²) in [5.41, 5.74) is 1.67. The van der Waals surface area contributed by atoms with Crippen molar-refractivity contribution in [2.24, 2.45) is 0 Å². The lowest BCUT2D eigenvalue weighted by Crippen LogP contribution is -2.11. The molecule has 0 bridgehead atoms. The molecule has 3 aromatic rings. The minimum atomic E-state index is -0.308. The molecule has 24 heavy (non-hydrogen) atoms. The smallest absolute Gasteiger partial charge is 0.257 e. The van der Waals surface area contributed by atoms with Gasteiger partial charge >= 0.3 is 0 Å². The van der Waals surface area contributed by atoms with Crippen molar-refractivity contribution in [3.05, 3.63) is 52.1 Å². The molecule has 5 nitrogen and oxygen atoms in total. The third-order valence-corrected chi connectivity index (χ3v) is 4.17. The SMILES string of the molecule is COc1cc2[nH]cc(C(=O)Nc3cc(Cl)ccc3Cl)c2cc1OC. The molecular formula is C17H14Cl2N2O3. The van der Waals surface area contributed by atoms with Crippen molar-refractivity contribution in [1.82, 2.24) is 4.98 Å². The maximum Gasteiger partial charge on any atom is 0.257 e. The average Bonchev–Trinajstić information content (AvgIpc) is 2.99. The number of benzene rings is 2. The quantitative estimate of drug-likeness (QED) is 0.702. The van der Waals surface area contributed by atoms with E-state index in [1.54, 1.807) is 50.7 Å². The molecule has 0 fully saturated rings. The summed E-state index contributed by atoms with van der Waals surface area (Å²) >= 11 is 12.0. The third-order valence-electron chi connectivity index (χ3n) is 3.61. The Bertz CT molecular complexity index is 922. The van der Waals surface area contributed by atoms with Crippen molar-refractivity contribution >= 4 is 45.7 Å². The first-order chi connectivity index (χ1) is 11.5. The van der Waals surface area contributed by atoms with E-state index in [-0.39, 0.29) is 5.91 Å². The van der Waals surface area contributed by atoms with Crippen molar-refractivity contribution in [1.29, 1.82) is 0 Å². The molecule has 0 aliphatic heterocycles. The molecule has 0 radical (unpaired) electrons. The summed E-state index contributed by atoms with van der Waals surface area (Å²) in [4.78, 5) is 15.7. The zero-order chi connectivity index (χ0) is 17.3. The lowest BCUT2D eigenvalue weighted by molar-refractivity contribution is 0.102. The molecule has 0 unspecified atom stereocenters. The summed E-state index contributed by atoms with van der Waals surface area (Å²) in [6.45, 7) is 0. The second-order valence-corrected chi connectivity index (χ2v) is 5.88. The number of aromatic nitrogens is 1. The van der Waals surface area contributed by atoms with Gasteiger partial charge in [-0.2, -0.15) is 0 Å². The summed E-state index contributed by atoms with van der Waals surface area (Å²) in [7, 11) is 3.10. The largest absolute Gasteiger partial charge is 0.493 e. The standard InChI is InChI=1S/C17H14Cl2N2O3/c1-23-15-6-10-11(8-20-13(10)7-16(15)24-2)17(22)21-14-5-9(18)3-4-12(14)19/h3-8,20H,1-2H3,(H,21,22). The molecule has 1 heterocycles. The van der Waals surface area contributed by atoms with Gasteiger partial charge in [-0.05, 0) is 24.3 Å². The van der Waals surface area contributed by atoms with E-state index in [1.807, 2.05) is 0 Å². The van der Waals surface area contributed by atoms with E-state index in [1.165, 1.54) is 0 Å². The Morgan fingerprint density at radius 1 is 1.08 bits per heavy atom. The predicted octanol–water partition coefficient (Wildman–Crippen LogP) is 4.74. The van der Waals surface area contributed by atoms with Gasteiger partial charge in [0.25, 0.3) is 5.91 Å². The second kappa shape index (κ2) is 6.63. The molecule has 2 aromatic carbocycles. The number of hydrogen-bond acceptors (Lipinski definition) is 3. The predicted molar refractivity (Wildman–Crippen MR) is 95.8 cm³/mol. The Morgan fingerprint density at radius 3 is 2.50 bits per heavy atom. The van der Waals surface area contributed by atoms with Crippen molar-refractivity contribution in [3.8, 4) is 11.5 Å². The van der Waals surface area contributed by atoms with E-state index in [2.05, 4.69) is 10.3 Å². The number of hydrogen-bond donors (Lipinski definition) is 2. The Labute approximate surface area is 148 Å². The van der Waals surface area contributed by atoms with Crippen LogP contribution in [-0.2, 0) is 0 Å². The molecule has 1 aromatic heterocycles. The van der Waals surface area contributed by atoms with Crippen LogP contribution in [0.1, 0.15) is 10.4 Å². The molecule has 7 heteroatoms. The number of methoxy groups -OCH3 is 2. The summed E-state index contributed by atoms with van der Waals surface area (Å²) in [6, 6.07) is 8.40. The lowest BCUT2D eigenvalue weighted by Gasteiger charge is -2.09. The third kappa shape index (κ3) is 3.00. The summed E-state index contributed by atoms with van der Waals surface area (Å²) in [5.74, 6) is 0.814. The fraction of sp³-hybridized carbons (Fsp3) is 0.118. The Hall–Kier alpha value is -2.37. The van der Waals surface area contributed by atoms with Gasteiger partial charge in [-0.3, -0.25) is 4.79 Å². The normalized spacial score (nSPS) is 10.7. The van der Waals surface area contributed by atoms with Crippen LogP contribution in [0.2, 0.25) is 10.0 Å². The van der Waals surface area contributed by atoms with Crippen molar-refractivity contribution < 1.29 is 14.3 Å². The van der Waals surface area contributed by atoms with E-state index < -0.39 is 0 Å². The molecule has 124 valence electrons. The zero-order valence-corrected chi connectivity index (χ0v) is 14.5. The number of amides is 1. The van der Waals surface area contributed by atoms with Crippen LogP contribution in [0.3, 0.4) is 0 Å². The monoisotopic (exact) mass is 364 g/mol. The van der Waals surface area contributed by atoms with Crippen LogP contribution < -0.4 is 14.8 Å². The van der Waals surface area contributed by atoms with Gasteiger partial charge in [0.15, 0.2) is 11.5 Å². The first-order valence-corrected chi connectivity index (χ1v) is 7.78. The Morgan fingerprint density at radius 2 is 1.79 bits per heavy atom. The van der Waals surface area contributed by atoms with Crippen LogP contribution in [0.15, 0.2) is 36.5 Å². The number of carbonyl (C=O) groups excluding carboxylic acids is 1. The van der Waals surface area contributed by atoms with Crippen LogP contribution in [0, 0.1) is 0 Å². The highest BCUT2D eigenvalue weighted by Crippen LogP contribution is 2.34. The fourth-order valence-corrected chi connectivity index (χ4v) is 2.76. The first-order valence-electron chi connectivity index (χ1n) is 7.03. The summed E-state index contributed by atoms with van der Waals surface area (Å²) < 4.78 is 10.6. The number of halogens is 2. The number of nitrogens with one attached hydrogen (secondary N) is 2. The molecule has 1 amide bonds. The molecule has 0 saturated carbocycles. The topological polar surface area (TPSA) is 63.4 Å². The molecule has 0 saturated heterocycles. The maximum atomic E-state index is 12.6. The van der Waals surface area contributed by atoms with Crippen LogP contribution >= 0.6 is 23.2 Å². The molecule has 0 spiro atoms. The van der Waals surface area contributed by atoms with Gasteiger partial charge in [0.05, 0.1) is 36.0 Å². The number of aromatic amines is 1. The highest BCUT2D eigenvalue weighted by molar-refractivity contribution is 6.36. The minimum absolute atomic E-state index is 0.308. The van der Waals surface area contributed by atoms with E-state index >= 15 is 0 Å². The van der Waals surface area contributed by atoms with Crippen molar-refractivity contribution in [2.45, 2.75) is 0 Å². The van der Waals surface area contributed by atoms with Gasteiger partial charge in [-0.25, -0.2) is 0 Å². The number of rotatable bonds is 4. The number of H-pyrrole nitrogens is 1. The van der Waals surface area contributed by atoms with Crippen LogP contribution in [0.25, 0.3) is 10.9 Å². The highest BCUT2D eigenvalue weighted by Gasteiger charge is 2.16. The van der Waals surface area contributed by atoms with Gasteiger partial charge in [0, 0.05) is 22.7 Å². The van der Waals surface area contributed by atoms with Crippen molar-refractivity contribution in [3.63, 3.8) is 0 Å². The fourth-order valence-electron chi connectivity index (χ4n) is 2.42. The zero-order valence-electron chi connectivity index (χ0n) is 12.9. The molecule has 0 atom stereocenters. The Kier molecular flexibility index (Phi) is 4.55. The summed E-state index contributed by atoms with van der Waals surface area (Å²) in [6.07, 6.45) is 1.62. The van der Waals surface area contributed by atoms with E-state index in [4.69, 9.17) is 32.7 Å². The van der Waals surface area contributed by atoms with E-state index in [0.29, 0.717) is 38.2 Å². The van der Waals surface area contributed by atoms with E-state index in [9.17, 15) is 4.79 Å². The Balaban J connectivity index is 1.99. The first kappa shape index (κ1) is 16.5. The second-order valence-electron chi connectivity index (χ2n) is 5.03. The lowest BCUT2D eigenvalue weighted by atomic mass is 10.1. The summed E-state index contributed by atoms with van der Waals surface area (Å²) in [5, 5.41) is 4.37. The van der Waals surface area contributed by atoms with Crippen molar-refractivity contribution in [2.75, 3.05) is 19.5 Å². The van der Waals surface area contributed by atoms with Gasteiger partial charge in [0.1, 0.15) is 0 Å². The number of anilines is 1. The van der Waals surface area contributed by atoms with Crippen LogP contribution in [-0.4, -0.2) is 25.1 Å². The number of ether oxygens (including phenoxy) is 2. The minimum Gasteiger partial charge on any atom is -0.493 e. The number of carbonyl (C=O) groups is 1. The van der Waals surface area contributed by atoms with E-state index in [0.717, 1.165) is 5.52 Å². The van der Waals surface area contributed by atoms with Gasteiger partial charge < -0.3 is 19.8 Å². The molecule has 0 aliphatic carbocycles. The molecule has 0 aliphatic rings. The van der Waals surface area contributed by atoms with Gasteiger partial charge in [-0.1, -0.05) is 23.2 Å². The van der Waals surface area contributed by atoms with Crippen LogP contribution in [0.4, 0.5) is 5.69 Å². The van der Waals surface area contributed by atoms with Crippen LogP contribution in [0.5, 0.6) is 11.5 Å². The maximum absolute atomic E-state index is 12.6.